The summed E-state index contributed by atoms with van der Waals surface area (Å²) in [6.07, 6.45) is -4.52. The van der Waals surface area contributed by atoms with E-state index in [1.54, 1.807) is 19.2 Å². The SMILES string of the molecule is COc1ccc(COc2ccc(=O)n(-c3ccc(C(=O)Nc4cccc(C(F)(F)F)c4)cc3)n2)cc1. The van der Waals surface area contributed by atoms with Gasteiger partial charge >= 0.3 is 6.18 Å². The maximum absolute atomic E-state index is 12.9. The molecule has 0 saturated carbocycles. The van der Waals surface area contributed by atoms with Crippen LogP contribution in [0.25, 0.3) is 5.69 Å². The fourth-order valence-corrected chi connectivity index (χ4v) is 3.27. The van der Waals surface area contributed by atoms with Gasteiger partial charge in [-0.05, 0) is 60.2 Å². The van der Waals surface area contributed by atoms with Crippen molar-refractivity contribution >= 4 is 11.6 Å². The molecule has 0 unspecified atom stereocenters. The second kappa shape index (κ2) is 10.3. The fraction of sp³-hybridized carbons (Fsp3) is 0.115. The molecule has 7 nitrogen and oxygen atoms in total. The molecule has 0 aliphatic heterocycles. The van der Waals surface area contributed by atoms with E-state index in [2.05, 4.69) is 10.4 Å². The zero-order valence-corrected chi connectivity index (χ0v) is 19.0. The van der Waals surface area contributed by atoms with Crippen LogP contribution in [0.1, 0.15) is 21.5 Å². The minimum absolute atomic E-state index is 0.0125. The lowest BCUT2D eigenvalue weighted by atomic mass is 10.1. The van der Waals surface area contributed by atoms with E-state index in [9.17, 15) is 22.8 Å². The van der Waals surface area contributed by atoms with Gasteiger partial charge in [-0.2, -0.15) is 17.9 Å². The minimum Gasteiger partial charge on any atom is -0.497 e. The molecule has 0 spiro atoms. The standard InChI is InChI=1S/C26H20F3N3O4/c1-35-22-11-5-17(6-12-22)16-36-23-13-14-24(33)32(31-23)21-9-7-18(8-10-21)25(34)30-20-4-2-3-19(15-20)26(27,28)29/h2-15H,16H2,1H3,(H,30,34). The van der Waals surface area contributed by atoms with Crippen molar-refractivity contribution in [2.45, 2.75) is 12.8 Å². The highest BCUT2D eigenvalue weighted by Crippen LogP contribution is 2.30. The third-order valence-electron chi connectivity index (χ3n) is 5.14. The molecule has 1 heterocycles. The maximum Gasteiger partial charge on any atom is 0.416 e. The summed E-state index contributed by atoms with van der Waals surface area (Å²) < 4.78 is 50.6. The number of carbonyl (C=O) groups is 1. The summed E-state index contributed by atoms with van der Waals surface area (Å²) in [7, 11) is 1.58. The predicted octanol–water partition coefficient (Wildman–Crippen LogP) is 5.09. The maximum atomic E-state index is 12.9. The number of hydrogen-bond acceptors (Lipinski definition) is 5. The van der Waals surface area contributed by atoms with Crippen molar-refractivity contribution in [2.75, 3.05) is 12.4 Å². The number of methoxy groups -OCH3 is 1. The molecule has 10 heteroatoms. The highest BCUT2D eigenvalue weighted by atomic mass is 19.4. The second-order valence-electron chi connectivity index (χ2n) is 7.64. The van der Waals surface area contributed by atoms with Crippen LogP contribution in [-0.4, -0.2) is 22.8 Å². The lowest BCUT2D eigenvalue weighted by molar-refractivity contribution is -0.137. The number of ether oxygens (including phenoxy) is 2. The Morgan fingerprint density at radius 1 is 0.972 bits per heavy atom. The number of benzene rings is 3. The van der Waals surface area contributed by atoms with Crippen LogP contribution in [0.15, 0.2) is 89.7 Å². The van der Waals surface area contributed by atoms with Gasteiger partial charge in [-0.1, -0.05) is 18.2 Å². The number of hydrogen-bond donors (Lipinski definition) is 1. The van der Waals surface area contributed by atoms with Crippen LogP contribution < -0.4 is 20.3 Å². The molecule has 4 aromatic rings. The van der Waals surface area contributed by atoms with Crippen molar-refractivity contribution in [3.05, 3.63) is 112 Å². The van der Waals surface area contributed by atoms with Gasteiger partial charge in [-0.3, -0.25) is 9.59 Å². The summed E-state index contributed by atoms with van der Waals surface area (Å²) in [5.74, 6) is 0.340. The van der Waals surface area contributed by atoms with Gasteiger partial charge in [0.05, 0.1) is 18.4 Å². The monoisotopic (exact) mass is 495 g/mol. The van der Waals surface area contributed by atoms with Gasteiger partial charge in [0.2, 0.25) is 5.88 Å². The molecule has 1 N–H and O–H groups in total. The highest BCUT2D eigenvalue weighted by molar-refractivity contribution is 6.04. The summed E-state index contributed by atoms with van der Waals surface area (Å²) >= 11 is 0. The van der Waals surface area contributed by atoms with Gasteiger partial charge in [0.15, 0.2) is 0 Å². The largest absolute Gasteiger partial charge is 0.497 e. The van der Waals surface area contributed by atoms with Crippen molar-refractivity contribution in [2.24, 2.45) is 0 Å². The average Bonchev–Trinajstić information content (AvgIpc) is 2.88. The second-order valence-corrected chi connectivity index (χ2v) is 7.64. The van der Waals surface area contributed by atoms with E-state index < -0.39 is 23.2 Å². The number of nitrogens with zero attached hydrogens (tertiary/aromatic N) is 2. The van der Waals surface area contributed by atoms with Gasteiger partial charge in [0, 0.05) is 23.4 Å². The first-order valence-corrected chi connectivity index (χ1v) is 10.7. The third-order valence-corrected chi connectivity index (χ3v) is 5.14. The van der Waals surface area contributed by atoms with E-state index >= 15 is 0 Å². The molecule has 4 rings (SSSR count). The molecule has 0 bridgehead atoms. The lowest BCUT2D eigenvalue weighted by Crippen LogP contribution is -2.20. The van der Waals surface area contributed by atoms with Gasteiger partial charge in [-0.15, -0.1) is 5.10 Å². The summed E-state index contributed by atoms with van der Waals surface area (Å²) in [6.45, 7) is 0.226. The van der Waals surface area contributed by atoms with Crippen LogP contribution in [0.5, 0.6) is 11.6 Å². The molecule has 0 atom stereocenters. The van der Waals surface area contributed by atoms with Gasteiger partial charge in [-0.25, -0.2) is 0 Å². The van der Waals surface area contributed by atoms with Crippen LogP contribution in [0.3, 0.4) is 0 Å². The normalized spacial score (nSPS) is 11.1. The Kier molecular flexibility index (Phi) is 7.05. The van der Waals surface area contributed by atoms with Crippen molar-refractivity contribution < 1.29 is 27.4 Å². The first-order chi connectivity index (χ1) is 17.2. The number of nitrogens with one attached hydrogen (secondary N) is 1. The molecule has 3 aromatic carbocycles. The van der Waals surface area contributed by atoms with E-state index in [-0.39, 0.29) is 23.7 Å². The first kappa shape index (κ1) is 24.5. The van der Waals surface area contributed by atoms with E-state index in [0.29, 0.717) is 5.69 Å². The number of anilines is 1. The lowest BCUT2D eigenvalue weighted by Gasteiger charge is -2.11. The van der Waals surface area contributed by atoms with Crippen LogP contribution in [0.4, 0.5) is 18.9 Å². The number of halogens is 3. The quantitative estimate of drug-likeness (QED) is 0.386. The average molecular weight is 495 g/mol. The van der Waals surface area contributed by atoms with Crippen molar-refractivity contribution in [3.8, 4) is 17.3 Å². The van der Waals surface area contributed by atoms with Crippen LogP contribution in [-0.2, 0) is 12.8 Å². The smallest absolute Gasteiger partial charge is 0.416 e. The molecule has 184 valence electrons. The predicted molar refractivity (Wildman–Crippen MR) is 127 cm³/mol. The van der Waals surface area contributed by atoms with Crippen LogP contribution in [0, 0.1) is 0 Å². The minimum atomic E-state index is -4.52. The van der Waals surface area contributed by atoms with E-state index in [1.807, 2.05) is 12.1 Å². The van der Waals surface area contributed by atoms with Crippen molar-refractivity contribution in [1.29, 1.82) is 0 Å². The van der Waals surface area contributed by atoms with Crippen molar-refractivity contribution in [3.63, 3.8) is 0 Å². The zero-order valence-electron chi connectivity index (χ0n) is 19.0. The topological polar surface area (TPSA) is 82.5 Å². The molecule has 36 heavy (non-hydrogen) atoms. The molecule has 0 radical (unpaired) electrons. The summed E-state index contributed by atoms with van der Waals surface area (Å²) in [5, 5.41) is 6.66. The Labute approximate surface area is 203 Å². The molecule has 1 amide bonds. The molecular formula is C26H20F3N3O4. The van der Waals surface area contributed by atoms with Crippen LogP contribution >= 0.6 is 0 Å². The van der Waals surface area contributed by atoms with Gasteiger partial charge in [0.1, 0.15) is 12.4 Å². The third kappa shape index (κ3) is 5.90. The number of carbonyl (C=O) groups excluding carboxylic acids is 1. The number of aromatic nitrogens is 2. The van der Waals surface area contributed by atoms with Gasteiger partial charge in [0.25, 0.3) is 11.5 Å². The molecule has 0 fully saturated rings. The number of amides is 1. The van der Waals surface area contributed by atoms with Crippen molar-refractivity contribution in [1.82, 2.24) is 9.78 Å². The zero-order chi connectivity index (χ0) is 25.7. The van der Waals surface area contributed by atoms with E-state index in [1.165, 1.54) is 48.5 Å². The summed E-state index contributed by atoms with van der Waals surface area (Å²) in [5.41, 5.74) is 0.190. The summed E-state index contributed by atoms with van der Waals surface area (Å²) in [6, 6.07) is 20.3. The first-order valence-electron chi connectivity index (χ1n) is 10.7. The fourth-order valence-electron chi connectivity index (χ4n) is 3.27. The highest BCUT2D eigenvalue weighted by Gasteiger charge is 2.30. The Bertz CT molecular complexity index is 1420. The molecular weight excluding hydrogens is 475 g/mol. The van der Waals surface area contributed by atoms with E-state index in [4.69, 9.17) is 9.47 Å². The van der Waals surface area contributed by atoms with Gasteiger partial charge < -0.3 is 14.8 Å². The Hall–Kier alpha value is -4.60. The molecule has 0 aliphatic carbocycles. The number of alkyl halides is 3. The Balaban J connectivity index is 1.46. The number of rotatable bonds is 7. The molecule has 1 aromatic heterocycles. The summed E-state index contributed by atoms with van der Waals surface area (Å²) in [4.78, 5) is 24.8. The molecule has 0 aliphatic rings. The van der Waals surface area contributed by atoms with E-state index in [0.717, 1.165) is 28.1 Å². The molecule has 0 saturated heterocycles. The Morgan fingerprint density at radius 3 is 2.36 bits per heavy atom. The van der Waals surface area contributed by atoms with Crippen LogP contribution in [0.2, 0.25) is 0 Å². The Morgan fingerprint density at radius 2 is 1.69 bits per heavy atom.